The molecule has 94 valence electrons. The zero-order valence-electron chi connectivity index (χ0n) is 10.00. The van der Waals surface area contributed by atoms with E-state index in [0.717, 1.165) is 5.56 Å². The van der Waals surface area contributed by atoms with Crippen LogP contribution in [0.4, 0.5) is 0 Å². The molecule has 0 amide bonds. The number of carboxylic acids is 1. The molecule has 0 aliphatic heterocycles. The highest BCUT2D eigenvalue weighted by molar-refractivity contribution is 5.89. The summed E-state index contributed by atoms with van der Waals surface area (Å²) in [5.74, 6) is -1.05. The van der Waals surface area contributed by atoms with E-state index in [1.54, 1.807) is 30.3 Å². The van der Waals surface area contributed by atoms with Crippen LogP contribution in [0.3, 0.4) is 0 Å². The number of aliphatic hydroxyl groups is 1. The number of rotatable bonds is 3. The Kier molecular flexibility index (Phi) is 3.60. The summed E-state index contributed by atoms with van der Waals surface area (Å²) in [5.41, 5.74) is 2.56. The molecule has 0 spiro atoms. The Hall–Kier alpha value is -2.64. The first-order valence-corrected chi connectivity index (χ1v) is 5.62. The number of aliphatic hydroxyl groups excluding tert-OH is 1. The zero-order valence-corrected chi connectivity index (χ0v) is 10.00. The minimum Gasteiger partial charge on any atom is -0.478 e. The zero-order chi connectivity index (χ0) is 13.8. The fourth-order valence-corrected chi connectivity index (χ4v) is 1.84. The quantitative estimate of drug-likeness (QED) is 0.880. The van der Waals surface area contributed by atoms with Crippen LogP contribution in [0.1, 0.15) is 21.5 Å². The maximum Gasteiger partial charge on any atom is 0.335 e. The lowest BCUT2D eigenvalue weighted by Crippen LogP contribution is -1.99. The van der Waals surface area contributed by atoms with Crippen LogP contribution in [0, 0.1) is 11.3 Å². The van der Waals surface area contributed by atoms with Crippen LogP contribution >= 0.6 is 0 Å². The summed E-state index contributed by atoms with van der Waals surface area (Å²) in [6, 6.07) is 13.6. The summed E-state index contributed by atoms with van der Waals surface area (Å²) in [6.45, 7) is -0.230. The number of hydrogen-bond acceptors (Lipinski definition) is 3. The first-order valence-electron chi connectivity index (χ1n) is 5.62. The summed E-state index contributed by atoms with van der Waals surface area (Å²) in [7, 11) is 0. The van der Waals surface area contributed by atoms with Crippen molar-refractivity contribution in [1.82, 2.24) is 0 Å². The first kappa shape index (κ1) is 12.8. The molecule has 0 saturated carbocycles. The van der Waals surface area contributed by atoms with Crippen LogP contribution in [-0.4, -0.2) is 16.2 Å². The third-order valence-electron chi connectivity index (χ3n) is 2.75. The van der Waals surface area contributed by atoms with Gasteiger partial charge < -0.3 is 10.2 Å². The number of nitrogens with zero attached hydrogens (tertiary/aromatic N) is 1. The largest absolute Gasteiger partial charge is 0.478 e. The van der Waals surface area contributed by atoms with Crippen molar-refractivity contribution in [2.45, 2.75) is 6.61 Å². The molecule has 2 N–H and O–H groups in total. The molecule has 0 bridgehead atoms. The summed E-state index contributed by atoms with van der Waals surface area (Å²) in [5, 5.41) is 27.1. The maximum atomic E-state index is 11.0. The number of aromatic carboxylic acids is 1. The lowest BCUT2D eigenvalue weighted by atomic mass is 9.99. The van der Waals surface area contributed by atoms with Gasteiger partial charge in [0.15, 0.2) is 0 Å². The second kappa shape index (κ2) is 5.34. The Labute approximate surface area is 110 Å². The van der Waals surface area contributed by atoms with Crippen molar-refractivity contribution >= 4 is 5.97 Å². The van der Waals surface area contributed by atoms with E-state index in [-0.39, 0.29) is 12.2 Å². The van der Waals surface area contributed by atoms with Gasteiger partial charge in [0.25, 0.3) is 0 Å². The molecule has 0 radical (unpaired) electrons. The van der Waals surface area contributed by atoms with E-state index < -0.39 is 5.97 Å². The molecule has 0 heterocycles. The maximum absolute atomic E-state index is 11.0. The molecule has 4 nitrogen and oxygen atoms in total. The average molecular weight is 253 g/mol. The lowest BCUT2D eigenvalue weighted by molar-refractivity contribution is 0.0696. The van der Waals surface area contributed by atoms with Gasteiger partial charge in [-0.2, -0.15) is 5.26 Å². The molecule has 2 aromatic carbocycles. The number of carboxylic acid groups (broad SMARTS) is 1. The van der Waals surface area contributed by atoms with E-state index in [0.29, 0.717) is 16.7 Å². The van der Waals surface area contributed by atoms with Gasteiger partial charge in [-0.3, -0.25) is 0 Å². The Morgan fingerprint density at radius 1 is 1.16 bits per heavy atom. The summed E-state index contributed by atoms with van der Waals surface area (Å²) >= 11 is 0. The van der Waals surface area contributed by atoms with Crippen LogP contribution in [-0.2, 0) is 6.61 Å². The third kappa shape index (κ3) is 2.79. The van der Waals surface area contributed by atoms with E-state index >= 15 is 0 Å². The Bertz CT molecular complexity index is 671. The molecule has 0 fully saturated rings. The molecule has 0 aliphatic rings. The monoisotopic (exact) mass is 253 g/mol. The van der Waals surface area contributed by atoms with Gasteiger partial charge in [0.05, 0.1) is 23.8 Å². The molecule has 2 aromatic rings. The van der Waals surface area contributed by atoms with Crippen molar-refractivity contribution in [1.29, 1.82) is 5.26 Å². The first-order chi connectivity index (χ1) is 9.13. The van der Waals surface area contributed by atoms with Gasteiger partial charge in [0, 0.05) is 0 Å². The molecule has 4 heteroatoms. The Morgan fingerprint density at radius 2 is 1.95 bits per heavy atom. The van der Waals surface area contributed by atoms with Crippen molar-refractivity contribution in [3.63, 3.8) is 0 Å². The van der Waals surface area contributed by atoms with Gasteiger partial charge in [-0.15, -0.1) is 0 Å². The highest BCUT2D eigenvalue weighted by Gasteiger charge is 2.08. The molecule has 0 aromatic heterocycles. The lowest BCUT2D eigenvalue weighted by Gasteiger charge is -2.07. The highest BCUT2D eigenvalue weighted by atomic mass is 16.4. The fourth-order valence-electron chi connectivity index (χ4n) is 1.84. The SMILES string of the molecule is N#Cc1cccc(-c2cc(CO)cc(C(=O)O)c2)c1. The van der Waals surface area contributed by atoms with Gasteiger partial charge in [-0.05, 0) is 47.0 Å². The van der Waals surface area contributed by atoms with Crippen molar-refractivity contribution in [3.8, 4) is 17.2 Å². The van der Waals surface area contributed by atoms with E-state index in [9.17, 15) is 9.90 Å². The molecule has 0 atom stereocenters. The van der Waals surface area contributed by atoms with Crippen molar-refractivity contribution in [2.24, 2.45) is 0 Å². The van der Waals surface area contributed by atoms with Gasteiger partial charge in [-0.25, -0.2) is 4.79 Å². The van der Waals surface area contributed by atoms with Crippen LogP contribution < -0.4 is 0 Å². The molecule has 0 unspecified atom stereocenters. The molecular weight excluding hydrogens is 242 g/mol. The predicted octanol–water partition coefficient (Wildman–Crippen LogP) is 2.42. The number of hydrogen-bond donors (Lipinski definition) is 2. The third-order valence-corrected chi connectivity index (χ3v) is 2.75. The molecule has 2 rings (SSSR count). The van der Waals surface area contributed by atoms with Crippen molar-refractivity contribution in [3.05, 3.63) is 59.2 Å². The second-order valence-electron chi connectivity index (χ2n) is 4.07. The van der Waals surface area contributed by atoms with Crippen LogP contribution in [0.2, 0.25) is 0 Å². The van der Waals surface area contributed by atoms with Crippen LogP contribution in [0.25, 0.3) is 11.1 Å². The molecular formula is C15H11NO3. The second-order valence-corrected chi connectivity index (χ2v) is 4.07. The van der Waals surface area contributed by atoms with Crippen molar-refractivity contribution in [2.75, 3.05) is 0 Å². The number of benzene rings is 2. The normalized spacial score (nSPS) is 9.89. The standard InChI is InChI=1S/C15H11NO3/c16-8-10-2-1-3-12(4-10)13-5-11(9-17)6-14(7-13)15(18)19/h1-7,17H,9H2,(H,18,19). The Morgan fingerprint density at radius 3 is 2.58 bits per heavy atom. The fraction of sp³-hybridized carbons (Fsp3) is 0.0667. The van der Waals surface area contributed by atoms with Crippen LogP contribution in [0.5, 0.6) is 0 Å². The average Bonchev–Trinajstić information content (AvgIpc) is 2.46. The van der Waals surface area contributed by atoms with Crippen molar-refractivity contribution < 1.29 is 15.0 Å². The van der Waals surface area contributed by atoms with E-state index in [4.69, 9.17) is 10.4 Å². The molecule has 19 heavy (non-hydrogen) atoms. The summed E-state index contributed by atoms with van der Waals surface area (Å²) < 4.78 is 0. The highest BCUT2D eigenvalue weighted by Crippen LogP contribution is 2.23. The number of nitriles is 1. The van der Waals surface area contributed by atoms with Gasteiger partial charge in [0.1, 0.15) is 0 Å². The Balaban J connectivity index is 2.57. The smallest absolute Gasteiger partial charge is 0.335 e. The minimum absolute atomic E-state index is 0.115. The predicted molar refractivity (Wildman–Crippen MR) is 69.5 cm³/mol. The van der Waals surface area contributed by atoms with E-state index in [2.05, 4.69) is 0 Å². The number of carbonyl (C=O) groups is 1. The summed E-state index contributed by atoms with van der Waals surface area (Å²) in [4.78, 5) is 11.0. The topological polar surface area (TPSA) is 81.3 Å². The van der Waals surface area contributed by atoms with E-state index in [1.807, 2.05) is 6.07 Å². The summed E-state index contributed by atoms with van der Waals surface area (Å²) in [6.07, 6.45) is 0. The van der Waals surface area contributed by atoms with E-state index in [1.165, 1.54) is 12.1 Å². The van der Waals surface area contributed by atoms with Gasteiger partial charge in [0.2, 0.25) is 0 Å². The van der Waals surface area contributed by atoms with Gasteiger partial charge in [-0.1, -0.05) is 12.1 Å². The molecule has 0 aliphatic carbocycles. The van der Waals surface area contributed by atoms with Crippen LogP contribution in [0.15, 0.2) is 42.5 Å². The molecule has 0 saturated heterocycles. The van der Waals surface area contributed by atoms with Gasteiger partial charge >= 0.3 is 5.97 Å². The minimum atomic E-state index is -1.05.